The number of amides is 3. The molecule has 2 heterocycles. The zero-order chi connectivity index (χ0) is 38.7. The lowest BCUT2D eigenvalue weighted by molar-refractivity contribution is -0.155. The van der Waals surface area contributed by atoms with Gasteiger partial charge in [0.15, 0.2) is 34.5 Å². The van der Waals surface area contributed by atoms with Crippen molar-refractivity contribution in [2.45, 2.75) is 50.6 Å². The van der Waals surface area contributed by atoms with E-state index in [4.69, 9.17) is 15.3 Å². The minimum atomic E-state index is -4.87. The zero-order valence-corrected chi connectivity index (χ0v) is 29.9. The predicted molar refractivity (Wildman–Crippen MR) is 189 cm³/mol. The van der Waals surface area contributed by atoms with Crippen LogP contribution in [0, 0.1) is 0 Å². The lowest BCUT2D eigenvalue weighted by atomic mass is 10.0. The van der Waals surface area contributed by atoms with E-state index in [0.717, 1.165) is 23.5 Å². The van der Waals surface area contributed by atoms with Crippen molar-refractivity contribution in [2.24, 2.45) is 5.16 Å². The number of hydrogen-bond acceptors (Lipinski definition) is 14. The summed E-state index contributed by atoms with van der Waals surface area (Å²) >= 11 is 0.940. The third kappa shape index (κ3) is 8.54. The predicted octanol–water partition coefficient (Wildman–Crippen LogP) is 2.34. The number of carbonyl (C=O) groups is 4. The van der Waals surface area contributed by atoms with Gasteiger partial charge in [-0.1, -0.05) is 71.9 Å². The number of oxime groups is 1. The van der Waals surface area contributed by atoms with E-state index in [2.05, 4.69) is 20.8 Å². The Morgan fingerprint density at radius 3 is 2.09 bits per heavy atom. The summed E-state index contributed by atoms with van der Waals surface area (Å²) in [5.74, 6) is -5.11. The molecule has 0 aliphatic carbocycles. The third-order valence-electron chi connectivity index (χ3n) is 8.04. The maximum Gasteiger partial charge on any atom is 0.362 e. The van der Waals surface area contributed by atoms with Crippen molar-refractivity contribution in [3.05, 3.63) is 107 Å². The van der Waals surface area contributed by atoms with Crippen LogP contribution in [0.5, 0.6) is 11.5 Å². The average molecular weight is 767 g/mol. The second-order valence-corrected chi connectivity index (χ2v) is 14.4. The number of aromatic nitrogens is 1. The first-order valence-corrected chi connectivity index (χ1v) is 18.0. The number of anilines is 1. The molecular weight excluding hydrogens is 733 g/mol. The van der Waals surface area contributed by atoms with Gasteiger partial charge < -0.3 is 36.2 Å². The molecule has 19 heteroatoms. The summed E-state index contributed by atoms with van der Waals surface area (Å²) in [4.78, 5) is 63.1. The second-order valence-electron chi connectivity index (χ2n) is 12.2. The fourth-order valence-electron chi connectivity index (χ4n) is 5.19. The number of rotatable bonds is 13. The number of carbonyl (C=O) groups excluding carboxylic acids is 4. The van der Waals surface area contributed by atoms with Crippen LogP contribution in [0.3, 0.4) is 0 Å². The molecule has 1 unspecified atom stereocenters. The van der Waals surface area contributed by atoms with Gasteiger partial charge in [-0.2, -0.15) is 8.42 Å². The van der Waals surface area contributed by atoms with Crippen LogP contribution in [-0.2, 0) is 39.1 Å². The van der Waals surface area contributed by atoms with Gasteiger partial charge in [-0.3, -0.25) is 18.9 Å². The molecule has 3 amide bonds. The average Bonchev–Trinajstić information content (AvgIpc) is 3.55. The van der Waals surface area contributed by atoms with Crippen LogP contribution >= 0.6 is 11.3 Å². The van der Waals surface area contributed by atoms with E-state index < -0.39 is 81.0 Å². The van der Waals surface area contributed by atoms with E-state index in [1.807, 2.05) is 0 Å². The molecule has 1 aliphatic heterocycles. The number of nitrogen functional groups attached to an aromatic ring is 1. The van der Waals surface area contributed by atoms with Crippen molar-refractivity contribution >= 4 is 56.2 Å². The van der Waals surface area contributed by atoms with Crippen molar-refractivity contribution in [3.63, 3.8) is 0 Å². The Kier molecular flexibility index (Phi) is 11.0. The first-order chi connectivity index (χ1) is 25.0. The molecule has 53 heavy (non-hydrogen) atoms. The van der Waals surface area contributed by atoms with Gasteiger partial charge in [0.25, 0.3) is 17.7 Å². The molecule has 0 radical (unpaired) electrons. The van der Waals surface area contributed by atoms with Crippen molar-refractivity contribution in [1.29, 1.82) is 0 Å². The molecule has 3 atom stereocenters. The highest BCUT2D eigenvalue weighted by atomic mass is 32.2. The van der Waals surface area contributed by atoms with E-state index in [9.17, 15) is 42.4 Å². The number of esters is 1. The van der Waals surface area contributed by atoms with Crippen molar-refractivity contribution in [3.8, 4) is 11.5 Å². The fourth-order valence-corrected chi connectivity index (χ4v) is 6.62. The molecule has 1 aliphatic rings. The van der Waals surface area contributed by atoms with Gasteiger partial charge in [-0.05, 0) is 49.6 Å². The van der Waals surface area contributed by atoms with Gasteiger partial charge in [0.2, 0.25) is 5.60 Å². The number of nitrogens with zero attached hydrogens (tertiary/aromatic N) is 3. The Hall–Kier alpha value is -6.05. The Morgan fingerprint density at radius 2 is 1.58 bits per heavy atom. The molecule has 0 bridgehead atoms. The summed E-state index contributed by atoms with van der Waals surface area (Å²) < 4.78 is 38.5. The summed E-state index contributed by atoms with van der Waals surface area (Å²) in [7, 11) is -4.87. The van der Waals surface area contributed by atoms with Crippen LogP contribution in [0.25, 0.3) is 0 Å². The summed E-state index contributed by atoms with van der Waals surface area (Å²) in [6.07, 6.45) is -0.912. The smallest absolute Gasteiger partial charge is 0.362 e. The minimum absolute atomic E-state index is 0.0333. The van der Waals surface area contributed by atoms with Crippen LogP contribution < -0.4 is 16.4 Å². The van der Waals surface area contributed by atoms with Gasteiger partial charge >= 0.3 is 16.3 Å². The summed E-state index contributed by atoms with van der Waals surface area (Å²) in [5.41, 5.74) is 4.44. The van der Waals surface area contributed by atoms with Gasteiger partial charge in [0, 0.05) is 5.38 Å². The van der Waals surface area contributed by atoms with Crippen LogP contribution in [0.4, 0.5) is 5.13 Å². The topological polar surface area (TPSA) is 260 Å². The maximum atomic E-state index is 14.0. The van der Waals surface area contributed by atoms with Crippen LogP contribution in [0.2, 0.25) is 0 Å². The van der Waals surface area contributed by atoms with E-state index in [-0.39, 0.29) is 20.7 Å². The Balaban J connectivity index is 1.41. The Morgan fingerprint density at radius 1 is 0.981 bits per heavy atom. The number of phenolic OH excluding ortho intramolecular Hbond substituents is 2. The van der Waals surface area contributed by atoms with E-state index >= 15 is 0 Å². The van der Waals surface area contributed by atoms with Crippen LogP contribution in [-0.4, -0.2) is 79.6 Å². The van der Waals surface area contributed by atoms with E-state index in [1.165, 1.54) is 32.2 Å². The number of thiazole rings is 1. The van der Waals surface area contributed by atoms with Crippen LogP contribution in [0.15, 0.2) is 89.4 Å². The van der Waals surface area contributed by atoms with Gasteiger partial charge in [0.1, 0.15) is 11.7 Å². The molecule has 4 aromatic rings. The third-order valence-corrected chi connectivity index (χ3v) is 9.73. The molecular formula is C34H34N6O11S2. The Labute approximate surface area is 306 Å². The fraction of sp³-hybridized carbons (Fsp3) is 0.235. The zero-order valence-electron chi connectivity index (χ0n) is 28.2. The molecule has 1 fully saturated rings. The van der Waals surface area contributed by atoms with Crippen molar-refractivity contribution in [2.75, 3.05) is 5.73 Å². The highest BCUT2D eigenvalue weighted by Crippen LogP contribution is 2.32. The maximum absolute atomic E-state index is 14.0. The molecule has 1 saturated heterocycles. The Bertz CT molecular complexity index is 2120. The monoisotopic (exact) mass is 766 g/mol. The van der Waals surface area contributed by atoms with Crippen LogP contribution in [0.1, 0.15) is 55.3 Å². The summed E-state index contributed by atoms with van der Waals surface area (Å²) in [5, 5.41) is 30.3. The van der Waals surface area contributed by atoms with Crippen molar-refractivity contribution in [1.82, 2.24) is 19.9 Å². The molecule has 5 rings (SSSR count). The summed E-state index contributed by atoms with van der Waals surface area (Å²) in [6.45, 7) is 3.82. The molecule has 278 valence electrons. The number of nitrogens with one attached hydrogen (secondary N) is 2. The van der Waals surface area contributed by atoms with Gasteiger partial charge in [-0.25, -0.2) is 14.1 Å². The molecule has 3 aromatic carbocycles. The number of aromatic hydroxyl groups is 2. The molecule has 0 saturated carbocycles. The first-order valence-electron chi connectivity index (χ1n) is 15.7. The second kappa shape index (κ2) is 15.3. The standard InChI is InChI=1S/C34H34N6O11S2/c1-18-25(30(44)40(18)53(47,48)49)37-29(43)27(22-17-52-33(35)36-22)39-51-34(2,3)32(46)38-26(21-14-15-23(41)24(42)16-21)31(45)50-28(19-10-6-4-7-11-19)20-12-8-5-9-13-20/h4-18,25-26,28,41-42H,1-3H3,(H2,35,36)(H,37,43)(H,38,46)(H,47,48,49)/b39-27-/t18-,25-,26?/m0/s1. The quantitative estimate of drug-likeness (QED) is 0.0286. The van der Waals surface area contributed by atoms with Crippen molar-refractivity contribution < 1.29 is 51.9 Å². The molecule has 7 N–H and O–H groups in total. The minimum Gasteiger partial charge on any atom is -0.504 e. The molecule has 17 nitrogen and oxygen atoms in total. The largest absolute Gasteiger partial charge is 0.504 e. The normalized spacial score (nSPS) is 16.7. The molecule has 0 spiro atoms. The number of nitrogens with two attached hydrogens (primary N) is 1. The number of ether oxygens (including phenoxy) is 1. The highest BCUT2D eigenvalue weighted by molar-refractivity contribution is 7.84. The lowest BCUT2D eigenvalue weighted by Gasteiger charge is -2.42. The van der Waals surface area contributed by atoms with E-state index in [1.54, 1.807) is 60.7 Å². The SMILES string of the molecule is C[C@H]1[C@H](NC(=O)/C(=N\OC(C)(C)C(=O)NC(C(=O)OC(c2ccccc2)c2ccccc2)c2ccc(O)c(O)c2)c2csc(N)n2)C(=O)N1S(=O)(=O)O. The lowest BCUT2D eigenvalue weighted by Crippen LogP contribution is -2.71. The number of phenols is 2. The number of hydrogen-bond donors (Lipinski definition) is 6. The van der Waals surface area contributed by atoms with Gasteiger partial charge in [-0.15, -0.1) is 11.3 Å². The number of benzene rings is 3. The first kappa shape index (κ1) is 38.2. The number of β-lactam (4-membered cyclic amide) rings is 1. The molecule has 1 aromatic heterocycles. The highest BCUT2D eigenvalue weighted by Gasteiger charge is 2.51. The van der Waals surface area contributed by atoms with E-state index in [0.29, 0.717) is 11.1 Å². The summed E-state index contributed by atoms with van der Waals surface area (Å²) in [6, 6.07) is 17.1. The van der Waals surface area contributed by atoms with Gasteiger partial charge in [0.05, 0.1) is 6.04 Å².